The molecule has 1 heterocycles. The number of benzene rings is 1. The summed E-state index contributed by atoms with van der Waals surface area (Å²) in [6.07, 6.45) is -1.06. The fraction of sp³-hybridized carbons (Fsp3) is 0.154. The van der Waals surface area contributed by atoms with Gasteiger partial charge in [0.2, 0.25) is 0 Å². The third-order valence-corrected chi connectivity index (χ3v) is 2.43. The second-order valence-corrected chi connectivity index (χ2v) is 3.79. The van der Waals surface area contributed by atoms with Crippen molar-refractivity contribution < 1.29 is 13.2 Å². The van der Waals surface area contributed by atoms with Crippen LogP contribution in [-0.2, 0) is 12.7 Å². The lowest BCUT2D eigenvalue weighted by molar-refractivity contribution is -0.137. The minimum absolute atomic E-state index is 0.341. The van der Waals surface area contributed by atoms with Gasteiger partial charge in [-0.05, 0) is 29.8 Å². The predicted molar refractivity (Wildman–Crippen MR) is 63.0 cm³/mol. The summed E-state index contributed by atoms with van der Waals surface area (Å²) in [4.78, 5) is 3.86. The predicted octanol–water partition coefficient (Wildman–Crippen LogP) is 3.71. The van der Waals surface area contributed by atoms with Crippen LogP contribution in [0.15, 0.2) is 48.8 Å². The molecule has 1 N–H and O–H groups in total. The average molecular weight is 252 g/mol. The Kier molecular flexibility index (Phi) is 3.50. The molecule has 0 atom stereocenters. The highest BCUT2D eigenvalue weighted by Gasteiger charge is 2.30. The van der Waals surface area contributed by atoms with Gasteiger partial charge >= 0.3 is 6.18 Å². The van der Waals surface area contributed by atoms with Crippen LogP contribution in [0.1, 0.15) is 11.1 Å². The van der Waals surface area contributed by atoms with Gasteiger partial charge in [0.25, 0.3) is 0 Å². The monoisotopic (exact) mass is 252 g/mol. The zero-order valence-corrected chi connectivity index (χ0v) is 9.41. The maximum Gasteiger partial charge on any atom is 0.416 e. The van der Waals surface area contributed by atoms with E-state index >= 15 is 0 Å². The van der Waals surface area contributed by atoms with Gasteiger partial charge in [-0.2, -0.15) is 13.2 Å². The molecule has 2 aromatic rings. The summed E-state index contributed by atoms with van der Waals surface area (Å²) in [5, 5.41) is 3.03. The summed E-state index contributed by atoms with van der Waals surface area (Å²) in [6.45, 7) is 0.341. The molecule has 0 aliphatic heterocycles. The summed E-state index contributed by atoms with van der Waals surface area (Å²) in [5.41, 5.74) is 0.778. The highest BCUT2D eigenvalue weighted by molar-refractivity contribution is 5.41. The zero-order chi connectivity index (χ0) is 13.0. The Morgan fingerprint density at radius 2 is 1.78 bits per heavy atom. The first-order chi connectivity index (χ1) is 8.55. The molecular formula is C13H11F3N2. The number of nitrogens with zero attached hydrogens (tertiary/aromatic N) is 1. The molecule has 0 fully saturated rings. The molecule has 94 valence electrons. The molecule has 0 amide bonds. The summed E-state index contributed by atoms with van der Waals surface area (Å²) >= 11 is 0. The molecule has 0 aliphatic rings. The van der Waals surface area contributed by atoms with Gasteiger partial charge in [-0.25, -0.2) is 0 Å². The van der Waals surface area contributed by atoms with E-state index in [1.807, 2.05) is 0 Å². The number of anilines is 1. The fourth-order valence-corrected chi connectivity index (χ4v) is 1.53. The van der Waals surface area contributed by atoms with E-state index in [9.17, 15) is 13.2 Å². The third kappa shape index (κ3) is 3.23. The van der Waals surface area contributed by atoms with Crippen LogP contribution in [0.4, 0.5) is 18.9 Å². The van der Waals surface area contributed by atoms with Crippen LogP contribution in [0.25, 0.3) is 0 Å². The molecule has 2 rings (SSSR count). The van der Waals surface area contributed by atoms with Gasteiger partial charge < -0.3 is 5.32 Å². The maximum absolute atomic E-state index is 12.5. The van der Waals surface area contributed by atoms with E-state index in [1.54, 1.807) is 30.6 Å². The van der Waals surface area contributed by atoms with Crippen molar-refractivity contribution in [3.05, 3.63) is 59.9 Å². The third-order valence-electron chi connectivity index (χ3n) is 2.43. The molecule has 5 heteroatoms. The minimum Gasteiger partial charge on any atom is -0.381 e. The normalized spacial score (nSPS) is 11.3. The quantitative estimate of drug-likeness (QED) is 0.900. The van der Waals surface area contributed by atoms with Crippen LogP contribution in [0.5, 0.6) is 0 Å². The second kappa shape index (κ2) is 5.08. The van der Waals surface area contributed by atoms with Crippen LogP contribution in [0.2, 0.25) is 0 Å². The van der Waals surface area contributed by atoms with Gasteiger partial charge in [0.1, 0.15) is 0 Å². The number of rotatable bonds is 3. The molecule has 0 spiro atoms. The van der Waals surface area contributed by atoms with Crippen LogP contribution in [-0.4, -0.2) is 4.98 Å². The lowest BCUT2D eigenvalue weighted by Gasteiger charge is -2.10. The molecule has 0 aliphatic carbocycles. The van der Waals surface area contributed by atoms with Crippen LogP contribution in [0.3, 0.4) is 0 Å². The van der Waals surface area contributed by atoms with Gasteiger partial charge in [-0.15, -0.1) is 0 Å². The Hall–Kier alpha value is -2.04. The first kappa shape index (κ1) is 12.4. The lowest BCUT2D eigenvalue weighted by atomic mass is 10.1. The molecule has 2 nitrogen and oxygen atoms in total. The highest BCUT2D eigenvalue weighted by atomic mass is 19.4. The molecule has 0 saturated carbocycles. The second-order valence-electron chi connectivity index (χ2n) is 3.79. The number of aromatic nitrogens is 1. The summed E-state index contributed by atoms with van der Waals surface area (Å²) in [5.74, 6) is 0. The molecule has 0 bridgehead atoms. The number of pyridine rings is 1. The number of nitrogens with one attached hydrogen (secondary N) is 1. The highest BCUT2D eigenvalue weighted by Crippen LogP contribution is 2.29. The van der Waals surface area contributed by atoms with Crippen molar-refractivity contribution in [1.29, 1.82) is 0 Å². The minimum atomic E-state index is -4.30. The Morgan fingerprint density at radius 3 is 2.44 bits per heavy atom. The largest absolute Gasteiger partial charge is 0.416 e. The topological polar surface area (TPSA) is 24.9 Å². The summed E-state index contributed by atoms with van der Waals surface area (Å²) < 4.78 is 37.5. The SMILES string of the molecule is FC(F)(F)c1cccc(CNc2ccncc2)c1. The van der Waals surface area contributed by atoms with E-state index in [2.05, 4.69) is 10.3 Å². The Balaban J connectivity index is 2.06. The smallest absolute Gasteiger partial charge is 0.381 e. The van der Waals surface area contributed by atoms with Crippen molar-refractivity contribution >= 4 is 5.69 Å². The van der Waals surface area contributed by atoms with Gasteiger partial charge in [-0.3, -0.25) is 4.98 Å². The van der Waals surface area contributed by atoms with E-state index in [1.165, 1.54) is 6.07 Å². The molecule has 1 aromatic carbocycles. The van der Waals surface area contributed by atoms with E-state index in [-0.39, 0.29) is 0 Å². The number of hydrogen-bond acceptors (Lipinski definition) is 2. The van der Waals surface area contributed by atoms with Gasteiger partial charge in [0.15, 0.2) is 0 Å². The van der Waals surface area contributed by atoms with E-state index in [0.29, 0.717) is 12.1 Å². The Bertz CT molecular complexity index is 509. The number of alkyl halides is 3. The molecule has 18 heavy (non-hydrogen) atoms. The number of halogens is 3. The van der Waals surface area contributed by atoms with Crippen molar-refractivity contribution in [1.82, 2.24) is 4.98 Å². The summed E-state index contributed by atoms with van der Waals surface area (Å²) in [6, 6.07) is 8.79. The van der Waals surface area contributed by atoms with Crippen LogP contribution < -0.4 is 5.32 Å². The molecule has 0 unspecified atom stereocenters. The maximum atomic E-state index is 12.5. The van der Waals surface area contributed by atoms with Crippen molar-refractivity contribution in [2.24, 2.45) is 0 Å². The van der Waals surface area contributed by atoms with Crippen molar-refractivity contribution in [3.63, 3.8) is 0 Å². The molecule has 0 saturated heterocycles. The van der Waals surface area contributed by atoms with Crippen molar-refractivity contribution in [2.75, 3.05) is 5.32 Å². The van der Waals surface area contributed by atoms with Gasteiger partial charge in [0.05, 0.1) is 5.56 Å². The van der Waals surface area contributed by atoms with E-state index < -0.39 is 11.7 Å². The lowest BCUT2D eigenvalue weighted by Crippen LogP contribution is -2.06. The Labute approximate surface area is 102 Å². The van der Waals surface area contributed by atoms with Gasteiger partial charge in [-0.1, -0.05) is 12.1 Å². The first-order valence-electron chi connectivity index (χ1n) is 5.36. The molecule has 1 aromatic heterocycles. The fourth-order valence-electron chi connectivity index (χ4n) is 1.53. The zero-order valence-electron chi connectivity index (χ0n) is 9.41. The Morgan fingerprint density at radius 1 is 1.06 bits per heavy atom. The number of hydrogen-bond donors (Lipinski definition) is 1. The van der Waals surface area contributed by atoms with Crippen LogP contribution >= 0.6 is 0 Å². The van der Waals surface area contributed by atoms with Crippen molar-refractivity contribution in [2.45, 2.75) is 12.7 Å². The van der Waals surface area contributed by atoms with Gasteiger partial charge in [0, 0.05) is 24.6 Å². The standard InChI is InChI=1S/C13H11F3N2/c14-13(15,16)11-3-1-2-10(8-11)9-18-12-4-6-17-7-5-12/h1-8H,9H2,(H,17,18). The molecular weight excluding hydrogens is 241 g/mol. The average Bonchev–Trinajstić information content (AvgIpc) is 2.37. The van der Waals surface area contributed by atoms with Crippen molar-refractivity contribution in [3.8, 4) is 0 Å². The summed E-state index contributed by atoms with van der Waals surface area (Å²) in [7, 11) is 0. The van der Waals surface area contributed by atoms with E-state index in [4.69, 9.17) is 0 Å². The van der Waals surface area contributed by atoms with E-state index in [0.717, 1.165) is 17.8 Å². The van der Waals surface area contributed by atoms with Crippen LogP contribution in [0, 0.1) is 0 Å². The first-order valence-corrected chi connectivity index (χ1v) is 5.36. The molecule has 0 radical (unpaired) electrons.